The summed E-state index contributed by atoms with van der Waals surface area (Å²) in [5.41, 5.74) is 1.34. The molecule has 0 heterocycles. The predicted molar refractivity (Wildman–Crippen MR) is 120 cm³/mol. The number of ether oxygens (including phenoxy) is 2. The molecule has 0 unspecified atom stereocenters. The summed E-state index contributed by atoms with van der Waals surface area (Å²) in [6.45, 7) is 3.85. The minimum atomic E-state index is -3.75. The molecule has 0 bridgehead atoms. The summed E-state index contributed by atoms with van der Waals surface area (Å²) >= 11 is 0. The molecule has 0 aliphatic heterocycles. The minimum absolute atomic E-state index is 0.0280. The van der Waals surface area contributed by atoms with Gasteiger partial charge in [-0.05, 0) is 74.5 Å². The molecular weight excluding hydrogens is 416 g/mol. The van der Waals surface area contributed by atoms with Crippen LogP contribution in [-0.4, -0.2) is 27.5 Å². The summed E-state index contributed by atoms with van der Waals surface area (Å²) in [6.07, 6.45) is 0.0280. The Kier molecular flexibility index (Phi) is 6.81. The molecule has 0 fully saturated rings. The number of carbonyl (C=O) groups excluding carboxylic acids is 1. The van der Waals surface area contributed by atoms with Crippen molar-refractivity contribution in [2.24, 2.45) is 0 Å². The molecule has 162 valence electrons. The van der Waals surface area contributed by atoms with Crippen LogP contribution < -0.4 is 19.5 Å². The smallest absolute Gasteiger partial charge is 0.261 e. The molecule has 3 rings (SSSR count). The number of nitrogens with one attached hydrogen (secondary N) is 2. The number of anilines is 2. The highest BCUT2D eigenvalue weighted by atomic mass is 32.2. The number of methoxy groups -OCH3 is 1. The Morgan fingerprint density at radius 3 is 2.16 bits per heavy atom. The second-order valence-electron chi connectivity index (χ2n) is 7.01. The van der Waals surface area contributed by atoms with Crippen molar-refractivity contribution in [3.8, 4) is 11.5 Å². The van der Waals surface area contributed by atoms with E-state index in [1.807, 2.05) is 19.9 Å². The van der Waals surface area contributed by atoms with Crippen LogP contribution in [-0.2, 0) is 10.0 Å². The number of amides is 1. The molecule has 0 aliphatic rings. The quantitative estimate of drug-likeness (QED) is 0.537. The minimum Gasteiger partial charge on any atom is -0.497 e. The van der Waals surface area contributed by atoms with Crippen LogP contribution in [0.2, 0.25) is 0 Å². The van der Waals surface area contributed by atoms with Crippen molar-refractivity contribution in [2.75, 3.05) is 17.1 Å². The zero-order valence-electron chi connectivity index (χ0n) is 17.5. The summed E-state index contributed by atoms with van der Waals surface area (Å²) in [6, 6.07) is 19.4. The molecule has 8 heteroatoms. The zero-order valence-corrected chi connectivity index (χ0v) is 18.3. The van der Waals surface area contributed by atoms with Crippen molar-refractivity contribution >= 4 is 27.3 Å². The molecule has 0 atom stereocenters. The third kappa shape index (κ3) is 5.99. The first kappa shape index (κ1) is 22.2. The van der Waals surface area contributed by atoms with Crippen molar-refractivity contribution in [2.45, 2.75) is 24.8 Å². The van der Waals surface area contributed by atoms with Gasteiger partial charge in [0.05, 0.1) is 18.1 Å². The first-order valence-corrected chi connectivity index (χ1v) is 11.1. The Hall–Kier alpha value is -3.52. The van der Waals surface area contributed by atoms with E-state index in [1.165, 1.54) is 31.4 Å². The van der Waals surface area contributed by atoms with Gasteiger partial charge in [0, 0.05) is 23.0 Å². The van der Waals surface area contributed by atoms with Crippen molar-refractivity contribution in [1.29, 1.82) is 0 Å². The van der Waals surface area contributed by atoms with Crippen LogP contribution in [0.4, 0.5) is 11.4 Å². The first-order chi connectivity index (χ1) is 14.8. The third-order valence-corrected chi connectivity index (χ3v) is 5.63. The molecule has 31 heavy (non-hydrogen) atoms. The lowest BCUT2D eigenvalue weighted by molar-refractivity contribution is 0.102. The summed E-state index contributed by atoms with van der Waals surface area (Å²) < 4.78 is 38.2. The topological polar surface area (TPSA) is 93.7 Å². The second kappa shape index (κ2) is 9.53. The Labute approximate surface area is 182 Å². The second-order valence-corrected chi connectivity index (χ2v) is 8.69. The van der Waals surface area contributed by atoms with Gasteiger partial charge in [-0.1, -0.05) is 6.07 Å². The molecule has 1 amide bonds. The molecule has 0 aromatic heterocycles. The Balaban J connectivity index is 1.67. The van der Waals surface area contributed by atoms with Crippen LogP contribution >= 0.6 is 0 Å². The monoisotopic (exact) mass is 440 g/mol. The average Bonchev–Trinajstić information content (AvgIpc) is 2.74. The Bertz CT molecular complexity index is 1140. The fourth-order valence-electron chi connectivity index (χ4n) is 2.78. The molecule has 2 N–H and O–H groups in total. The highest BCUT2D eigenvalue weighted by molar-refractivity contribution is 7.92. The fraction of sp³-hybridized carbons (Fsp3) is 0.174. The molecule has 0 saturated heterocycles. The van der Waals surface area contributed by atoms with E-state index in [0.29, 0.717) is 28.4 Å². The Morgan fingerprint density at radius 2 is 1.55 bits per heavy atom. The lowest BCUT2D eigenvalue weighted by Crippen LogP contribution is -2.14. The van der Waals surface area contributed by atoms with Gasteiger partial charge in [-0.25, -0.2) is 8.42 Å². The van der Waals surface area contributed by atoms with Crippen molar-refractivity contribution < 1.29 is 22.7 Å². The molecule has 3 aromatic carbocycles. The van der Waals surface area contributed by atoms with Crippen LogP contribution in [0.15, 0.2) is 77.7 Å². The summed E-state index contributed by atoms with van der Waals surface area (Å²) in [7, 11) is -2.25. The van der Waals surface area contributed by atoms with Crippen LogP contribution in [0.1, 0.15) is 24.2 Å². The van der Waals surface area contributed by atoms with Gasteiger partial charge in [0.2, 0.25) is 0 Å². The number of sulfonamides is 1. The van der Waals surface area contributed by atoms with Crippen molar-refractivity contribution in [3.63, 3.8) is 0 Å². The van der Waals surface area contributed by atoms with E-state index in [2.05, 4.69) is 10.0 Å². The molecular formula is C23H24N2O5S. The van der Waals surface area contributed by atoms with Gasteiger partial charge in [0.15, 0.2) is 0 Å². The maximum Gasteiger partial charge on any atom is 0.261 e. The number of benzene rings is 3. The lowest BCUT2D eigenvalue weighted by Gasteiger charge is -2.12. The predicted octanol–water partition coefficient (Wildman–Crippen LogP) is 4.54. The molecule has 3 aromatic rings. The molecule has 0 aliphatic carbocycles. The van der Waals surface area contributed by atoms with Crippen LogP contribution in [0.25, 0.3) is 0 Å². The van der Waals surface area contributed by atoms with Crippen molar-refractivity contribution in [3.05, 3.63) is 78.4 Å². The van der Waals surface area contributed by atoms with Gasteiger partial charge in [0.1, 0.15) is 11.5 Å². The van der Waals surface area contributed by atoms with E-state index in [0.717, 1.165) is 0 Å². The van der Waals surface area contributed by atoms with Crippen LogP contribution in [0, 0.1) is 0 Å². The van der Waals surface area contributed by atoms with Gasteiger partial charge in [-0.3, -0.25) is 9.52 Å². The normalized spacial score (nSPS) is 11.1. The van der Waals surface area contributed by atoms with Crippen LogP contribution in [0.3, 0.4) is 0 Å². The van der Waals surface area contributed by atoms with E-state index < -0.39 is 10.0 Å². The van der Waals surface area contributed by atoms with Gasteiger partial charge >= 0.3 is 0 Å². The van der Waals surface area contributed by atoms with E-state index in [9.17, 15) is 13.2 Å². The van der Waals surface area contributed by atoms with Gasteiger partial charge in [-0.2, -0.15) is 0 Å². The highest BCUT2D eigenvalue weighted by Gasteiger charge is 2.15. The number of carbonyl (C=O) groups is 1. The summed E-state index contributed by atoms with van der Waals surface area (Å²) in [5, 5.41) is 2.81. The molecule has 0 spiro atoms. The highest BCUT2D eigenvalue weighted by Crippen LogP contribution is 2.21. The zero-order chi connectivity index (χ0) is 22.4. The third-order valence-electron chi connectivity index (χ3n) is 4.23. The molecule has 0 radical (unpaired) electrons. The van der Waals surface area contributed by atoms with Gasteiger partial charge in [-0.15, -0.1) is 0 Å². The first-order valence-electron chi connectivity index (χ1n) is 9.62. The average molecular weight is 441 g/mol. The maximum atomic E-state index is 12.5. The summed E-state index contributed by atoms with van der Waals surface area (Å²) in [5.74, 6) is 0.915. The van der Waals surface area contributed by atoms with Crippen molar-refractivity contribution in [1.82, 2.24) is 0 Å². The number of hydrogen-bond acceptors (Lipinski definition) is 5. The van der Waals surface area contributed by atoms with E-state index in [4.69, 9.17) is 9.47 Å². The molecule has 0 saturated carbocycles. The van der Waals surface area contributed by atoms with Crippen LogP contribution in [0.5, 0.6) is 11.5 Å². The fourth-order valence-corrected chi connectivity index (χ4v) is 3.84. The largest absolute Gasteiger partial charge is 0.497 e. The van der Waals surface area contributed by atoms with Gasteiger partial charge in [0.25, 0.3) is 15.9 Å². The van der Waals surface area contributed by atoms with E-state index in [1.54, 1.807) is 42.5 Å². The van der Waals surface area contributed by atoms with E-state index in [-0.39, 0.29) is 16.9 Å². The lowest BCUT2D eigenvalue weighted by atomic mass is 10.2. The van der Waals surface area contributed by atoms with Gasteiger partial charge < -0.3 is 14.8 Å². The van der Waals surface area contributed by atoms with E-state index >= 15 is 0 Å². The standard InChI is InChI=1S/C23H24N2O5S/c1-16(2)30-21-6-4-5-19(15-21)24-23(26)17-7-9-18(10-8-17)25-31(27,28)22-13-11-20(29-3)12-14-22/h4-16,25H,1-3H3,(H,24,26). The maximum absolute atomic E-state index is 12.5. The number of rotatable bonds is 8. The number of hydrogen-bond donors (Lipinski definition) is 2. The Morgan fingerprint density at radius 1 is 0.871 bits per heavy atom. The molecule has 7 nitrogen and oxygen atoms in total. The SMILES string of the molecule is COc1ccc(S(=O)(=O)Nc2ccc(C(=O)Nc3cccc(OC(C)C)c3)cc2)cc1. The summed E-state index contributed by atoms with van der Waals surface area (Å²) in [4.78, 5) is 12.6.